The lowest BCUT2D eigenvalue weighted by Gasteiger charge is -1.96. The number of aryl methyl sites for hydroxylation is 1. The summed E-state index contributed by atoms with van der Waals surface area (Å²) in [5, 5.41) is 9.62. The average Bonchev–Trinajstić information content (AvgIpc) is 2.59. The molecule has 0 saturated heterocycles. The molecule has 0 radical (unpaired) electrons. The Morgan fingerprint density at radius 1 is 1.53 bits per heavy atom. The molecule has 1 N–H and O–H groups in total. The number of thiazole rings is 1. The second-order valence-electron chi connectivity index (χ2n) is 3.67. The van der Waals surface area contributed by atoms with Gasteiger partial charge in [-0.3, -0.25) is 4.79 Å². The van der Waals surface area contributed by atoms with E-state index in [1.54, 1.807) is 0 Å². The monoisotopic (exact) mass is 311 g/mol. The second kappa shape index (κ2) is 4.98. The van der Waals surface area contributed by atoms with Crippen molar-refractivity contribution in [3.05, 3.63) is 39.3 Å². The van der Waals surface area contributed by atoms with E-state index in [4.69, 9.17) is 5.11 Å². The highest BCUT2D eigenvalue weighted by Crippen LogP contribution is 2.31. The van der Waals surface area contributed by atoms with Gasteiger partial charge in [0.05, 0.1) is 11.3 Å². The van der Waals surface area contributed by atoms with E-state index in [2.05, 4.69) is 20.9 Å². The summed E-state index contributed by atoms with van der Waals surface area (Å²) < 4.78 is 0.626. The summed E-state index contributed by atoms with van der Waals surface area (Å²) in [4.78, 5) is 15.8. The molecular weight excluding hydrogens is 302 g/mol. The van der Waals surface area contributed by atoms with E-state index in [1.807, 2.05) is 31.2 Å². The van der Waals surface area contributed by atoms with Gasteiger partial charge in [0, 0.05) is 5.56 Å². The van der Waals surface area contributed by atoms with Crippen LogP contribution in [-0.2, 0) is 11.2 Å². The zero-order valence-corrected chi connectivity index (χ0v) is 11.5. The first-order valence-corrected chi connectivity index (χ1v) is 6.61. The van der Waals surface area contributed by atoms with Crippen LogP contribution in [0.1, 0.15) is 10.4 Å². The van der Waals surface area contributed by atoms with Crippen LogP contribution in [0.4, 0.5) is 0 Å². The van der Waals surface area contributed by atoms with Crippen LogP contribution in [-0.4, -0.2) is 16.1 Å². The third-order valence-electron chi connectivity index (χ3n) is 2.23. The third-order valence-corrected chi connectivity index (χ3v) is 4.25. The first-order valence-electron chi connectivity index (χ1n) is 5.00. The lowest BCUT2D eigenvalue weighted by Crippen LogP contribution is -1.98. The summed E-state index contributed by atoms with van der Waals surface area (Å²) in [6.07, 6.45) is 0.00403. The first kappa shape index (κ1) is 12.3. The lowest BCUT2D eigenvalue weighted by atomic mass is 10.1. The van der Waals surface area contributed by atoms with Crippen LogP contribution in [0.25, 0.3) is 10.6 Å². The van der Waals surface area contributed by atoms with E-state index in [0.29, 0.717) is 4.60 Å². The summed E-state index contributed by atoms with van der Waals surface area (Å²) in [7, 11) is 0. The normalized spacial score (nSPS) is 10.5. The maximum Gasteiger partial charge on any atom is 0.308 e. The fourth-order valence-corrected chi connectivity index (χ4v) is 3.10. The molecule has 17 heavy (non-hydrogen) atoms. The zero-order valence-electron chi connectivity index (χ0n) is 9.11. The Kier molecular flexibility index (Phi) is 3.59. The van der Waals surface area contributed by atoms with E-state index < -0.39 is 5.97 Å². The molecule has 0 amide bonds. The van der Waals surface area contributed by atoms with Gasteiger partial charge < -0.3 is 5.11 Å². The minimum atomic E-state index is -0.842. The largest absolute Gasteiger partial charge is 0.481 e. The summed E-state index contributed by atoms with van der Waals surface area (Å²) >= 11 is 4.71. The number of halogens is 1. The fraction of sp³-hybridized carbons (Fsp3) is 0.167. The van der Waals surface area contributed by atoms with Crippen molar-refractivity contribution in [3.8, 4) is 10.6 Å². The number of hydrogen-bond donors (Lipinski definition) is 1. The molecule has 2 rings (SSSR count). The number of benzene rings is 1. The fourth-order valence-electron chi connectivity index (χ4n) is 1.48. The molecule has 1 aromatic heterocycles. The molecule has 1 aromatic carbocycles. The number of aliphatic carboxylic acids is 1. The predicted octanol–water partition coefficient (Wildman–Crippen LogP) is 3.51. The molecule has 0 spiro atoms. The quantitative estimate of drug-likeness (QED) is 0.943. The van der Waals surface area contributed by atoms with Gasteiger partial charge in [0.2, 0.25) is 0 Å². The SMILES string of the molecule is Cc1cccc(-c2nc(Br)c(CC(=O)O)s2)c1. The van der Waals surface area contributed by atoms with Crippen LogP contribution in [0.3, 0.4) is 0 Å². The van der Waals surface area contributed by atoms with E-state index in [0.717, 1.165) is 21.0 Å². The number of hydrogen-bond acceptors (Lipinski definition) is 3. The van der Waals surface area contributed by atoms with Crippen LogP contribution in [0.5, 0.6) is 0 Å². The zero-order chi connectivity index (χ0) is 12.4. The van der Waals surface area contributed by atoms with Crippen LogP contribution < -0.4 is 0 Å². The van der Waals surface area contributed by atoms with Crippen molar-refractivity contribution < 1.29 is 9.90 Å². The number of carboxylic acids is 1. The van der Waals surface area contributed by atoms with E-state index in [1.165, 1.54) is 11.3 Å². The minimum Gasteiger partial charge on any atom is -0.481 e. The van der Waals surface area contributed by atoms with Crippen molar-refractivity contribution in [2.45, 2.75) is 13.3 Å². The van der Waals surface area contributed by atoms with Gasteiger partial charge in [0.25, 0.3) is 0 Å². The van der Waals surface area contributed by atoms with Gasteiger partial charge in [-0.25, -0.2) is 4.98 Å². The Morgan fingerprint density at radius 2 is 2.29 bits per heavy atom. The first-order chi connectivity index (χ1) is 8.06. The molecule has 5 heteroatoms. The molecule has 2 aromatic rings. The molecule has 1 heterocycles. The average molecular weight is 312 g/mol. The molecule has 0 atom stereocenters. The molecule has 0 aliphatic carbocycles. The predicted molar refractivity (Wildman–Crippen MR) is 71.3 cm³/mol. The molecular formula is C12H10BrNO2S. The summed E-state index contributed by atoms with van der Waals surface area (Å²) in [5.74, 6) is -0.842. The summed E-state index contributed by atoms with van der Waals surface area (Å²) in [5.41, 5.74) is 2.18. The van der Waals surface area contributed by atoms with Crippen LogP contribution in [0.2, 0.25) is 0 Å². The Morgan fingerprint density at radius 3 is 2.94 bits per heavy atom. The maximum absolute atomic E-state index is 10.7. The molecule has 88 valence electrons. The Hall–Kier alpha value is -1.20. The van der Waals surface area contributed by atoms with Crippen molar-refractivity contribution in [2.75, 3.05) is 0 Å². The highest BCUT2D eigenvalue weighted by atomic mass is 79.9. The second-order valence-corrected chi connectivity index (χ2v) is 5.51. The number of carbonyl (C=O) groups is 1. The molecule has 0 aliphatic heterocycles. The number of carboxylic acid groups (broad SMARTS) is 1. The van der Waals surface area contributed by atoms with Crippen molar-refractivity contribution >= 4 is 33.2 Å². The highest BCUT2D eigenvalue weighted by Gasteiger charge is 2.13. The van der Waals surface area contributed by atoms with E-state index >= 15 is 0 Å². The number of rotatable bonds is 3. The molecule has 0 bridgehead atoms. The topological polar surface area (TPSA) is 50.2 Å². The van der Waals surface area contributed by atoms with Crippen LogP contribution in [0.15, 0.2) is 28.9 Å². The van der Waals surface area contributed by atoms with Gasteiger partial charge in [-0.2, -0.15) is 0 Å². The minimum absolute atomic E-state index is 0.00403. The Balaban J connectivity index is 2.37. The van der Waals surface area contributed by atoms with Crippen LogP contribution >= 0.6 is 27.3 Å². The lowest BCUT2D eigenvalue weighted by molar-refractivity contribution is -0.136. The van der Waals surface area contributed by atoms with E-state index in [-0.39, 0.29) is 6.42 Å². The number of nitrogens with zero attached hydrogens (tertiary/aromatic N) is 1. The van der Waals surface area contributed by atoms with Gasteiger partial charge >= 0.3 is 5.97 Å². The molecule has 3 nitrogen and oxygen atoms in total. The summed E-state index contributed by atoms with van der Waals surface area (Å²) in [6.45, 7) is 2.02. The third kappa shape index (κ3) is 2.92. The van der Waals surface area contributed by atoms with Gasteiger partial charge in [0.1, 0.15) is 9.61 Å². The maximum atomic E-state index is 10.7. The standard InChI is InChI=1S/C12H10BrNO2S/c1-7-3-2-4-8(5-7)12-14-11(13)9(17-12)6-10(15)16/h2-5H,6H2,1H3,(H,15,16). The molecule has 0 saturated carbocycles. The number of aromatic nitrogens is 1. The molecule has 0 aliphatic rings. The summed E-state index contributed by atoms with van der Waals surface area (Å²) in [6, 6.07) is 8.00. The highest BCUT2D eigenvalue weighted by molar-refractivity contribution is 9.10. The molecule has 0 unspecified atom stereocenters. The van der Waals surface area contributed by atoms with Crippen molar-refractivity contribution in [1.82, 2.24) is 4.98 Å². The van der Waals surface area contributed by atoms with E-state index in [9.17, 15) is 4.79 Å². The van der Waals surface area contributed by atoms with Crippen molar-refractivity contribution in [2.24, 2.45) is 0 Å². The Labute approximate surface area is 111 Å². The smallest absolute Gasteiger partial charge is 0.308 e. The van der Waals surface area contributed by atoms with Crippen LogP contribution in [0, 0.1) is 6.92 Å². The Bertz CT molecular complexity index is 565. The van der Waals surface area contributed by atoms with Gasteiger partial charge in [-0.1, -0.05) is 23.8 Å². The van der Waals surface area contributed by atoms with Gasteiger partial charge in [0.15, 0.2) is 0 Å². The van der Waals surface area contributed by atoms with Gasteiger partial charge in [-0.15, -0.1) is 11.3 Å². The van der Waals surface area contributed by atoms with Crippen molar-refractivity contribution in [3.63, 3.8) is 0 Å². The molecule has 0 fully saturated rings. The van der Waals surface area contributed by atoms with Crippen molar-refractivity contribution in [1.29, 1.82) is 0 Å². The van der Waals surface area contributed by atoms with Gasteiger partial charge in [-0.05, 0) is 28.9 Å².